The Balaban J connectivity index is 2.13. The summed E-state index contributed by atoms with van der Waals surface area (Å²) in [7, 11) is 0. The second-order valence-corrected chi connectivity index (χ2v) is 5.36. The van der Waals surface area contributed by atoms with Gasteiger partial charge in [-0.05, 0) is 58.7 Å². The van der Waals surface area contributed by atoms with Crippen LogP contribution >= 0.6 is 15.9 Å². The van der Waals surface area contributed by atoms with Crippen LogP contribution in [0, 0.1) is 5.82 Å². The zero-order chi connectivity index (χ0) is 14.7. The minimum Gasteiger partial charge on any atom is -0.399 e. The molecule has 3 nitrogen and oxygen atoms in total. The molecule has 0 fully saturated rings. The molecule has 0 spiro atoms. The van der Waals surface area contributed by atoms with Gasteiger partial charge in [-0.15, -0.1) is 0 Å². The molecule has 2 rings (SSSR count). The third-order valence-electron chi connectivity index (χ3n) is 2.99. The number of hydrogen-bond donors (Lipinski definition) is 2. The van der Waals surface area contributed by atoms with Crippen molar-refractivity contribution in [2.45, 2.75) is 12.8 Å². The van der Waals surface area contributed by atoms with Crippen LogP contribution < -0.4 is 11.1 Å². The van der Waals surface area contributed by atoms with E-state index in [1.807, 2.05) is 6.07 Å². The van der Waals surface area contributed by atoms with Gasteiger partial charge < -0.3 is 11.1 Å². The number of amides is 1. The third-order valence-corrected chi connectivity index (χ3v) is 3.63. The number of carbonyl (C=O) groups excluding carboxylic acids is 1. The van der Waals surface area contributed by atoms with Gasteiger partial charge in [-0.1, -0.05) is 12.1 Å². The smallest absolute Gasteiger partial charge is 0.231 e. The van der Waals surface area contributed by atoms with Crippen LogP contribution in [0.3, 0.4) is 0 Å². The molecule has 2 aromatic carbocycles. The second kappa shape index (κ2) is 6.05. The predicted octanol–water partition coefficient (Wildman–Crippen LogP) is 3.91. The number of rotatable bonds is 3. The van der Waals surface area contributed by atoms with Crippen molar-refractivity contribution >= 4 is 33.2 Å². The molecule has 0 radical (unpaired) electrons. The summed E-state index contributed by atoms with van der Waals surface area (Å²) < 4.78 is 13.8. The topological polar surface area (TPSA) is 55.1 Å². The van der Waals surface area contributed by atoms with Gasteiger partial charge in [0, 0.05) is 11.4 Å². The highest BCUT2D eigenvalue weighted by molar-refractivity contribution is 9.10. The lowest BCUT2D eigenvalue weighted by Crippen LogP contribution is -2.19. The van der Waals surface area contributed by atoms with Crippen LogP contribution in [0.1, 0.15) is 18.4 Å². The molecule has 0 aliphatic rings. The van der Waals surface area contributed by atoms with Gasteiger partial charge in [-0.2, -0.15) is 0 Å². The van der Waals surface area contributed by atoms with Crippen molar-refractivity contribution < 1.29 is 9.18 Å². The fraction of sp³-hybridized carbons (Fsp3) is 0.133. The van der Waals surface area contributed by atoms with Crippen molar-refractivity contribution in [3.05, 3.63) is 58.3 Å². The first-order chi connectivity index (χ1) is 9.47. The summed E-state index contributed by atoms with van der Waals surface area (Å²) in [6, 6.07) is 11.6. The predicted molar refractivity (Wildman–Crippen MR) is 82.0 cm³/mol. The number of anilines is 2. The zero-order valence-corrected chi connectivity index (χ0v) is 12.4. The molecule has 1 unspecified atom stereocenters. The summed E-state index contributed by atoms with van der Waals surface area (Å²) >= 11 is 3.07. The van der Waals surface area contributed by atoms with Gasteiger partial charge in [0.05, 0.1) is 10.4 Å². The first-order valence-electron chi connectivity index (χ1n) is 6.08. The highest BCUT2D eigenvalue weighted by atomic mass is 79.9. The highest BCUT2D eigenvalue weighted by Crippen LogP contribution is 2.22. The SMILES string of the molecule is CC(C(=O)Nc1ccc(Br)c(F)c1)c1cccc(N)c1. The van der Waals surface area contributed by atoms with E-state index in [0.717, 1.165) is 5.56 Å². The van der Waals surface area contributed by atoms with E-state index in [9.17, 15) is 9.18 Å². The zero-order valence-electron chi connectivity index (χ0n) is 10.9. The highest BCUT2D eigenvalue weighted by Gasteiger charge is 2.16. The Hall–Kier alpha value is -1.88. The van der Waals surface area contributed by atoms with E-state index in [1.54, 1.807) is 37.3 Å². The van der Waals surface area contributed by atoms with E-state index >= 15 is 0 Å². The van der Waals surface area contributed by atoms with E-state index in [0.29, 0.717) is 15.8 Å². The Labute approximate surface area is 125 Å². The van der Waals surface area contributed by atoms with Gasteiger partial charge in [0.25, 0.3) is 0 Å². The summed E-state index contributed by atoms with van der Waals surface area (Å²) in [5.74, 6) is -0.998. The minimum atomic E-state index is -0.417. The lowest BCUT2D eigenvalue weighted by atomic mass is 10.00. The Morgan fingerprint density at radius 2 is 2.05 bits per heavy atom. The van der Waals surface area contributed by atoms with Crippen LogP contribution in [0.2, 0.25) is 0 Å². The summed E-state index contributed by atoms with van der Waals surface area (Å²) in [4.78, 5) is 12.1. The fourth-order valence-corrected chi connectivity index (χ4v) is 2.05. The van der Waals surface area contributed by atoms with Crippen LogP contribution in [-0.4, -0.2) is 5.91 Å². The molecule has 5 heteroatoms. The van der Waals surface area contributed by atoms with Gasteiger partial charge in [0.15, 0.2) is 0 Å². The summed E-state index contributed by atoms with van der Waals surface area (Å²) in [6.45, 7) is 1.78. The molecule has 0 saturated carbocycles. The molecule has 1 amide bonds. The van der Waals surface area contributed by atoms with Crippen molar-refractivity contribution in [3.63, 3.8) is 0 Å². The molecule has 0 aliphatic carbocycles. The molecule has 104 valence electrons. The first kappa shape index (κ1) is 14.5. The van der Waals surface area contributed by atoms with Crippen molar-refractivity contribution in [3.8, 4) is 0 Å². The molecule has 0 aromatic heterocycles. The van der Waals surface area contributed by atoms with Crippen molar-refractivity contribution in [1.82, 2.24) is 0 Å². The Bertz CT molecular complexity index is 646. The average molecular weight is 337 g/mol. The van der Waals surface area contributed by atoms with Crippen LogP contribution in [-0.2, 0) is 4.79 Å². The maximum Gasteiger partial charge on any atom is 0.231 e. The number of halogens is 2. The van der Waals surface area contributed by atoms with E-state index in [-0.39, 0.29) is 11.8 Å². The minimum absolute atomic E-state index is 0.211. The van der Waals surface area contributed by atoms with Gasteiger partial charge in [0.2, 0.25) is 5.91 Å². The summed E-state index contributed by atoms with van der Waals surface area (Å²) in [5.41, 5.74) is 7.55. The normalized spacial score (nSPS) is 11.9. The third kappa shape index (κ3) is 3.36. The maximum atomic E-state index is 13.4. The quantitative estimate of drug-likeness (QED) is 0.835. The van der Waals surface area contributed by atoms with Crippen LogP contribution in [0.15, 0.2) is 46.9 Å². The maximum absolute atomic E-state index is 13.4. The van der Waals surface area contributed by atoms with E-state index < -0.39 is 5.82 Å². The number of carbonyl (C=O) groups is 1. The average Bonchev–Trinajstić information content (AvgIpc) is 2.42. The van der Waals surface area contributed by atoms with Crippen LogP contribution in [0.4, 0.5) is 15.8 Å². The molecule has 0 saturated heterocycles. The van der Waals surface area contributed by atoms with E-state index in [1.165, 1.54) is 6.07 Å². The molecule has 0 heterocycles. The Morgan fingerprint density at radius 3 is 2.70 bits per heavy atom. The van der Waals surface area contributed by atoms with Gasteiger partial charge in [-0.25, -0.2) is 4.39 Å². The number of hydrogen-bond acceptors (Lipinski definition) is 2. The van der Waals surface area contributed by atoms with E-state index in [2.05, 4.69) is 21.2 Å². The molecule has 0 bridgehead atoms. The van der Waals surface area contributed by atoms with Gasteiger partial charge >= 0.3 is 0 Å². The fourth-order valence-electron chi connectivity index (χ4n) is 1.80. The molecule has 1 atom stereocenters. The Morgan fingerprint density at radius 1 is 1.30 bits per heavy atom. The van der Waals surface area contributed by atoms with Gasteiger partial charge in [0.1, 0.15) is 5.82 Å². The van der Waals surface area contributed by atoms with Crippen LogP contribution in [0.25, 0.3) is 0 Å². The monoisotopic (exact) mass is 336 g/mol. The Kier molecular flexibility index (Phi) is 4.39. The lowest BCUT2D eigenvalue weighted by molar-refractivity contribution is -0.117. The van der Waals surface area contributed by atoms with Crippen molar-refractivity contribution in [2.24, 2.45) is 0 Å². The molecular formula is C15H14BrFN2O. The standard InChI is InChI=1S/C15H14BrFN2O/c1-9(10-3-2-4-11(18)7-10)15(20)19-12-5-6-13(16)14(17)8-12/h2-9H,18H2,1H3,(H,19,20). The molecule has 2 aromatic rings. The molecule has 3 N–H and O–H groups in total. The summed E-state index contributed by atoms with van der Waals surface area (Å²) in [5, 5.41) is 2.69. The first-order valence-corrected chi connectivity index (χ1v) is 6.88. The number of nitrogens with one attached hydrogen (secondary N) is 1. The van der Waals surface area contributed by atoms with Crippen molar-refractivity contribution in [2.75, 3.05) is 11.1 Å². The number of nitrogens with two attached hydrogens (primary N) is 1. The van der Waals surface area contributed by atoms with Crippen molar-refractivity contribution in [1.29, 1.82) is 0 Å². The largest absolute Gasteiger partial charge is 0.399 e. The van der Waals surface area contributed by atoms with Gasteiger partial charge in [-0.3, -0.25) is 4.79 Å². The molecule has 20 heavy (non-hydrogen) atoms. The molecule has 0 aliphatic heterocycles. The number of benzene rings is 2. The van der Waals surface area contributed by atoms with Crippen LogP contribution in [0.5, 0.6) is 0 Å². The molecular weight excluding hydrogens is 323 g/mol. The summed E-state index contributed by atoms with van der Waals surface area (Å²) in [6.07, 6.45) is 0. The lowest BCUT2D eigenvalue weighted by Gasteiger charge is -2.13. The van der Waals surface area contributed by atoms with E-state index in [4.69, 9.17) is 5.73 Å². The second-order valence-electron chi connectivity index (χ2n) is 4.51. The number of nitrogen functional groups attached to an aromatic ring is 1.